The van der Waals surface area contributed by atoms with Gasteiger partial charge in [0.1, 0.15) is 12.1 Å². The molecule has 2 saturated heterocycles. The number of carbonyl (C=O) groups excluding carboxylic acids is 2. The van der Waals surface area contributed by atoms with Crippen molar-refractivity contribution in [2.45, 2.75) is 38.4 Å². The summed E-state index contributed by atoms with van der Waals surface area (Å²) in [6.45, 7) is 4.73. The third kappa shape index (κ3) is 4.49. The fraction of sp³-hybridized carbons (Fsp3) is 0.476. The highest BCUT2D eigenvalue weighted by Crippen LogP contribution is 2.27. The van der Waals surface area contributed by atoms with E-state index in [1.165, 1.54) is 4.88 Å². The number of aryl methyl sites for hydroxylation is 1. The predicted molar refractivity (Wildman–Crippen MR) is 111 cm³/mol. The molecule has 1 unspecified atom stereocenters. The first-order valence-corrected chi connectivity index (χ1v) is 10.9. The SMILES string of the molecule is Cc1ncsc1-c1ccc(CNC(=O)C2CCCN2C(=O)[C@@H]2COCCN2)cc1. The van der Waals surface area contributed by atoms with Crippen molar-refractivity contribution in [3.63, 3.8) is 0 Å². The summed E-state index contributed by atoms with van der Waals surface area (Å²) in [5, 5.41) is 6.18. The smallest absolute Gasteiger partial charge is 0.243 e. The zero-order valence-electron chi connectivity index (χ0n) is 16.5. The Labute approximate surface area is 174 Å². The van der Waals surface area contributed by atoms with Crippen molar-refractivity contribution in [1.29, 1.82) is 0 Å². The number of rotatable bonds is 5. The number of carbonyl (C=O) groups is 2. The molecule has 2 aliphatic rings. The number of hydrogen-bond donors (Lipinski definition) is 2. The van der Waals surface area contributed by atoms with Crippen molar-refractivity contribution in [2.24, 2.45) is 0 Å². The molecular weight excluding hydrogens is 388 g/mol. The van der Waals surface area contributed by atoms with Crippen LogP contribution in [0.15, 0.2) is 29.8 Å². The van der Waals surface area contributed by atoms with Gasteiger partial charge in [-0.2, -0.15) is 0 Å². The van der Waals surface area contributed by atoms with E-state index in [2.05, 4.69) is 27.8 Å². The number of aromatic nitrogens is 1. The van der Waals surface area contributed by atoms with Gasteiger partial charge >= 0.3 is 0 Å². The molecule has 0 saturated carbocycles. The third-order valence-electron chi connectivity index (χ3n) is 5.49. The Morgan fingerprint density at radius 2 is 2.17 bits per heavy atom. The Morgan fingerprint density at radius 1 is 1.34 bits per heavy atom. The number of morpholine rings is 1. The van der Waals surface area contributed by atoms with E-state index >= 15 is 0 Å². The van der Waals surface area contributed by atoms with Gasteiger partial charge in [-0.05, 0) is 30.9 Å². The summed E-state index contributed by atoms with van der Waals surface area (Å²) < 4.78 is 5.39. The minimum Gasteiger partial charge on any atom is -0.378 e. The molecule has 3 heterocycles. The summed E-state index contributed by atoms with van der Waals surface area (Å²) in [4.78, 5) is 32.7. The van der Waals surface area contributed by atoms with E-state index in [0.29, 0.717) is 39.3 Å². The maximum atomic E-state index is 12.8. The van der Waals surface area contributed by atoms with Gasteiger partial charge in [0.05, 0.1) is 29.3 Å². The van der Waals surface area contributed by atoms with Crippen molar-refractivity contribution in [1.82, 2.24) is 20.5 Å². The normalized spacial score (nSPS) is 21.9. The van der Waals surface area contributed by atoms with Crippen LogP contribution in [0.4, 0.5) is 0 Å². The van der Waals surface area contributed by atoms with Crippen molar-refractivity contribution in [3.05, 3.63) is 41.0 Å². The molecule has 2 fully saturated rings. The highest BCUT2D eigenvalue weighted by molar-refractivity contribution is 7.13. The van der Waals surface area contributed by atoms with E-state index in [1.807, 2.05) is 24.6 Å². The van der Waals surface area contributed by atoms with E-state index in [4.69, 9.17) is 4.74 Å². The molecule has 2 aromatic rings. The summed E-state index contributed by atoms with van der Waals surface area (Å²) in [5.74, 6) is -0.124. The van der Waals surface area contributed by atoms with Crippen LogP contribution in [-0.2, 0) is 20.9 Å². The number of nitrogens with zero attached hydrogens (tertiary/aromatic N) is 2. The maximum Gasteiger partial charge on any atom is 0.243 e. The fourth-order valence-corrected chi connectivity index (χ4v) is 4.70. The van der Waals surface area contributed by atoms with Crippen molar-refractivity contribution in [3.8, 4) is 10.4 Å². The lowest BCUT2D eigenvalue weighted by Crippen LogP contribution is -2.56. The van der Waals surface area contributed by atoms with Gasteiger partial charge in [0.25, 0.3) is 0 Å². The molecule has 29 heavy (non-hydrogen) atoms. The van der Waals surface area contributed by atoms with Gasteiger partial charge in [-0.25, -0.2) is 4.98 Å². The van der Waals surface area contributed by atoms with E-state index in [-0.39, 0.29) is 17.9 Å². The summed E-state index contributed by atoms with van der Waals surface area (Å²) in [6, 6.07) is 7.42. The molecule has 1 aromatic carbocycles. The number of amides is 2. The van der Waals surface area contributed by atoms with E-state index in [0.717, 1.165) is 23.2 Å². The number of thiazole rings is 1. The van der Waals surface area contributed by atoms with Crippen LogP contribution >= 0.6 is 11.3 Å². The lowest BCUT2D eigenvalue weighted by atomic mass is 10.1. The van der Waals surface area contributed by atoms with Crippen LogP contribution in [0, 0.1) is 6.92 Å². The molecule has 2 atom stereocenters. The number of nitrogens with one attached hydrogen (secondary N) is 2. The van der Waals surface area contributed by atoms with E-state index in [9.17, 15) is 9.59 Å². The van der Waals surface area contributed by atoms with Crippen LogP contribution in [-0.4, -0.2) is 60.1 Å². The van der Waals surface area contributed by atoms with E-state index in [1.54, 1.807) is 16.2 Å². The zero-order chi connectivity index (χ0) is 20.2. The monoisotopic (exact) mass is 414 g/mol. The lowest BCUT2D eigenvalue weighted by molar-refractivity contribution is -0.142. The minimum absolute atomic E-state index is 0.0355. The van der Waals surface area contributed by atoms with Gasteiger partial charge in [-0.1, -0.05) is 24.3 Å². The first kappa shape index (κ1) is 20.0. The van der Waals surface area contributed by atoms with Gasteiger partial charge in [0, 0.05) is 19.6 Å². The molecule has 2 amide bonds. The molecule has 4 rings (SSSR count). The van der Waals surface area contributed by atoms with Crippen LogP contribution in [0.5, 0.6) is 0 Å². The molecule has 1 aromatic heterocycles. The third-order valence-corrected chi connectivity index (χ3v) is 6.46. The van der Waals surface area contributed by atoms with Gasteiger partial charge < -0.3 is 20.3 Å². The van der Waals surface area contributed by atoms with Crippen LogP contribution in [0.1, 0.15) is 24.1 Å². The average molecular weight is 415 g/mol. The summed E-state index contributed by atoms with van der Waals surface area (Å²) in [6.07, 6.45) is 1.55. The van der Waals surface area contributed by atoms with Gasteiger partial charge in [0.15, 0.2) is 0 Å². The second-order valence-corrected chi connectivity index (χ2v) is 8.31. The average Bonchev–Trinajstić information content (AvgIpc) is 3.42. The van der Waals surface area contributed by atoms with Crippen LogP contribution in [0.25, 0.3) is 10.4 Å². The lowest BCUT2D eigenvalue weighted by Gasteiger charge is -2.30. The largest absolute Gasteiger partial charge is 0.378 e. The number of benzene rings is 1. The zero-order valence-corrected chi connectivity index (χ0v) is 17.3. The molecule has 0 spiro atoms. The Morgan fingerprint density at radius 3 is 2.86 bits per heavy atom. The van der Waals surface area contributed by atoms with Crippen LogP contribution < -0.4 is 10.6 Å². The van der Waals surface area contributed by atoms with Crippen LogP contribution in [0.3, 0.4) is 0 Å². The Hall–Kier alpha value is -2.29. The van der Waals surface area contributed by atoms with Gasteiger partial charge in [0.2, 0.25) is 11.8 Å². The quantitative estimate of drug-likeness (QED) is 0.778. The summed E-state index contributed by atoms with van der Waals surface area (Å²) in [7, 11) is 0. The Balaban J connectivity index is 1.34. The van der Waals surface area contributed by atoms with Crippen molar-refractivity contribution < 1.29 is 14.3 Å². The number of likely N-dealkylation sites (tertiary alicyclic amines) is 1. The molecular formula is C21H26N4O3S. The molecule has 2 N–H and O–H groups in total. The summed E-state index contributed by atoms with van der Waals surface area (Å²) in [5.41, 5.74) is 5.04. The molecule has 0 radical (unpaired) electrons. The van der Waals surface area contributed by atoms with Crippen LogP contribution in [0.2, 0.25) is 0 Å². The Bertz CT molecular complexity index is 861. The van der Waals surface area contributed by atoms with Gasteiger partial charge in [-0.15, -0.1) is 11.3 Å². The second kappa shape index (κ2) is 9.02. The highest BCUT2D eigenvalue weighted by atomic mass is 32.1. The second-order valence-electron chi connectivity index (χ2n) is 7.45. The molecule has 0 aliphatic carbocycles. The maximum absolute atomic E-state index is 12.8. The van der Waals surface area contributed by atoms with Crippen molar-refractivity contribution in [2.75, 3.05) is 26.3 Å². The molecule has 8 heteroatoms. The fourth-order valence-electron chi connectivity index (χ4n) is 3.89. The predicted octanol–water partition coefficient (Wildman–Crippen LogP) is 1.71. The topological polar surface area (TPSA) is 83.6 Å². The molecule has 2 aliphatic heterocycles. The first-order chi connectivity index (χ1) is 14.1. The molecule has 7 nitrogen and oxygen atoms in total. The van der Waals surface area contributed by atoms with Gasteiger partial charge in [-0.3, -0.25) is 9.59 Å². The minimum atomic E-state index is -0.398. The number of ether oxygens (including phenoxy) is 1. The summed E-state index contributed by atoms with van der Waals surface area (Å²) >= 11 is 1.63. The molecule has 0 bridgehead atoms. The Kier molecular flexibility index (Phi) is 6.22. The van der Waals surface area contributed by atoms with Crippen molar-refractivity contribution >= 4 is 23.2 Å². The van der Waals surface area contributed by atoms with E-state index < -0.39 is 6.04 Å². The standard InChI is InChI=1S/C21H26N4O3S/c1-14-19(29-13-24-14)16-6-4-15(5-7-16)11-23-20(26)18-3-2-9-25(18)21(27)17-12-28-10-8-22-17/h4-7,13,17-18,22H,2-3,8-12H2,1H3,(H,23,26)/t17-,18?/m0/s1. The molecule has 154 valence electrons. The number of hydrogen-bond acceptors (Lipinski definition) is 6. The first-order valence-electron chi connectivity index (χ1n) is 10.0. The highest BCUT2D eigenvalue weighted by Gasteiger charge is 2.37.